The standard InChI is InChI=1S/C23H25N3O3/c1-17(18-6-4-3-5-7-18)26-23(27)22-16-19(12-13-25-22)24-14-15-29-21-10-8-20(28-2)9-11-21/h3-13,16-17H,14-15H2,1-2H3,(H,24,25)(H,26,27). The van der Waals surface area contributed by atoms with Gasteiger partial charge in [-0.2, -0.15) is 0 Å². The summed E-state index contributed by atoms with van der Waals surface area (Å²) in [6.45, 7) is 3.03. The number of hydrogen-bond acceptors (Lipinski definition) is 5. The molecule has 0 aliphatic heterocycles. The van der Waals surface area contributed by atoms with E-state index in [1.807, 2.05) is 67.6 Å². The highest BCUT2D eigenvalue weighted by atomic mass is 16.5. The van der Waals surface area contributed by atoms with Gasteiger partial charge in [0.2, 0.25) is 0 Å². The largest absolute Gasteiger partial charge is 0.497 e. The number of rotatable bonds is 9. The van der Waals surface area contributed by atoms with Crippen LogP contribution in [-0.4, -0.2) is 31.2 Å². The molecule has 1 amide bonds. The van der Waals surface area contributed by atoms with Gasteiger partial charge < -0.3 is 20.1 Å². The van der Waals surface area contributed by atoms with E-state index < -0.39 is 0 Å². The minimum atomic E-state index is -0.209. The second-order valence-electron chi connectivity index (χ2n) is 6.49. The number of methoxy groups -OCH3 is 1. The van der Waals surface area contributed by atoms with E-state index in [0.29, 0.717) is 18.8 Å². The molecule has 0 fully saturated rings. The van der Waals surface area contributed by atoms with Gasteiger partial charge in [-0.25, -0.2) is 0 Å². The summed E-state index contributed by atoms with van der Waals surface area (Å²) in [5.74, 6) is 1.36. The molecule has 3 aromatic rings. The van der Waals surface area contributed by atoms with Crippen molar-refractivity contribution in [2.24, 2.45) is 0 Å². The van der Waals surface area contributed by atoms with Gasteiger partial charge in [-0.1, -0.05) is 30.3 Å². The maximum absolute atomic E-state index is 12.5. The Kier molecular flexibility index (Phi) is 7.05. The molecule has 0 saturated heterocycles. The Morgan fingerprint density at radius 3 is 2.48 bits per heavy atom. The summed E-state index contributed by atoms with van der Waals surface area (Å²) in [5.41, 5.74) is 2.23. The molecular weight excluding hydrogens is 366 g/mol. The van der Waals surface area contributed by atoms with Crippen LogP contribution >= 0.6 is 0 Å². The maximum atomic E-state index is 12.5. The van der Waals surface area contributed by atoms with Crippen LogP contribution in [0, 0.1) is 0 Å². The first-order valence-electron chi connectivity index (χ1n) is 9.48. The number of carbonyl (C=O) groups is 1. The Balaban J connectivity index is 1.49. The molecule has 29 heavy (non-hydrogen) atoms. The van der Waals surface area contributed by atoms with Gasteiger partial charge in [-0.05, 0) is 48.9 Å². The van der Waals surface area contributed by atoms with Gasteiger partial charge in [0.15, 0.2) is 0 Å². The predicted octanol–water partition coefficient (Wildman–Crippen LogP) is 4.07. The summed E-state index contributed by atoms with van der Waals surface area (Å²) in [6.07, 6.45) is 1.62. The average molecular weight is 391 g/mol. The molecule has 1 aromatic heterocycles. The number of benzene rings is 2. The number of ether oxygens (including phenoxy) is 2. The van der Waals surface area contributed by atoms with Gasteiger partial charge in [-0.3, -0.25) is 9.78 Å². The first kappa shape index (κ1) is 20.2. The lowest BCUT2D eigenvalue weighted by Crippen LogP contribution is -2.27. The molecule has 0 spiro atoms. The number of pyridine rings is 1. The summed E-state index contributed by atoms with van der Waals surface area (Å²) in [5, 5.41) is 6.22. The monoisotopic (exact) mass is 391 g/mol. The number of nitrogens with one attached hydrogen (secondary N) is 2. The maximum Gasteiger partial charge on any atom is 0.270 e. The third-order valence-electron chi connectivity index (χ3n) is 4.40. The van der Waals surface area contributed by atoms with Crippen LogP contribution in [0.5, 0.6) is 11.5 Å². The van der Waals surface area contributed by atoms with Crippen LogP contribution in [0.1, 0.15) is 29.0 Å². The van der Waals surface area contributed by atoms with Crippen LogP contribution in [-0.2, 0) is 0 Å². The quantitative estimate of drug-likeness (QED) is 0.538. The Labute approximate surface area is 170 Å². The lowest BCUT2D eigenvalue weighted by Gasteiger charge is -2.14. The van der Waals surface area contributed by atoms with E-state index in [1.165, 1.54) is 0 Å². The van der Waals surface area contributed by atoms with E-state index in [-0.39, 0.29) is 11.9 Å². The molecule has 6 nitrogen and oxygen atoms in total. The SMILES string of the molecule is COc1ccc(OCCNc2ccnc(C(=O)NC(C)c3ccccc3)c2)cc1. The summed E-state index contributed by atoms with van der Waals surface area (Å²) in [7, 11) is 1.63. The minimum Gasteiger partial charge on any atom is -0.497 e. The van der Waals surface area contributed by atoms with Crippen LogP contribution in [0.3, 0.4) is 0 Å². The molecule has 3 rings (SSSR count). The van der Waals surface area contributed by atoms with Crippen molar-refractivity contribution >= 4 is 11.6 Å². The average Bonchev–Trinajstić information content (AvgIpc) is 2.78. The van der Waals surface area contributed by atoms with Gasteiger partial charge >= 0.3 is 0 Å². The molecule has 1 heterocycles. The van der Waals surface area contributed by atoms with E-state index >= 15 is 0 Å². The van der Waals surface area contributed by atoms with E-state index in [4.69, 9.17) is 9.47 Å². The zero-order valence-corrected chi connectivity index (χ0v) is 16.6. The minimum absolute atomic E-state index is 0.0972. The van der Waals surface area contributed by atoms with Crippen molar-refractivity contribution in [3.8, 4) is 11.5 Å². The summed E-state index contributed by atoms with van der Waals surface area (Å²) < 4.78 is 10.8. The van der Waals surface area contributed by atoms with Gasteiger partial charge in [0.05, 0.1) is 13.2 Å². The second kappa shape index (κ2) is 10.1. The van der Waals surface area contributed by atoms with E-state index in [0.717, 1.165) is 22.7 Å². The van der Waals surface area contributed by atoms with Crippen molar-refractivity contribution in [1.29, 1.82) is 0 Å². The predicted molar refractivity (Wildman–Crippen MR) is 114 cm³/mol. The third kappa shape index (κ3) is 5.97. The fourth-order valence-electron chi connectivity index (χ4n) is 2.80. The highest BCUT2D eigenvalue weighted by molar-refractivity contribution is 5.93. The molecule has 1 atom stereocenters. The molecule has 0 saturated carbocycles. The van der Waals surface area contributed by atoms with Crippen LogP contribution in [0.2, 0.25) is 0 Å². The molecule has 2 N–H and O–H groups in total. The topological polar surface area (TPSA) is 72.5 Å². The lowest BCUT2D eigenvalue weighted by molar-refractivity contribution is 0.0935. The van der Waals surface area contributed by atoms with Crippen molar-refractivity contribution < 1.29 is 14.3 Å². The number of carbonyl (C=O) groups excluding carboxylic acids is 1. The fraction of sp³-hybridized carbons (Fsp3) is 0.217. The molecule has 0 radical (unpaired) electrons. The lowest BCUT2D eigenvalue weighted by atomic mass is 10.1. The Morgan fingerprint density at radius 1 is 1.03 bits per heavy atom. The van der Waals surface area contributed by atoms with Crippen molar-refractivity contribution in [2.45, 2.75) is 13.0 Å². The van der Waals surface area contributed by atoms with E-state index in [2.05, 4.69) is 15.6 Å². The number of aromatic nitrogens is 1. The van der Waals surface area contributed by atoms with Crippen LogP contribution in [0.4, 0.5) is 5.69 Å². The number of anilines is 1. The summed E-state index contributed by atoms with van der Waals surface area (Å²) in [4.78, 5) is 16.7. The zero-order valence-electron chi connectivity index (χ0n) is 16.6. The molecule has 150 valence electrons. The number of nitrogens with zero attached hydrogens (tertiary/aromatic N) is 1. The second-order valence-corrected chi connectivity index (χ2v) is 6.49. The molecule has 2 aromatic carbocycles. The molecule has 6 heteroatoms. The summed E-state index contributed by atoms with van der Waals surface area (Å²) >= 11 is 0. The van der Waals surface area contributed by atoms with Crippen molar-refractivity contribution in [3.05, 3.63) is 84.2 Å². The normalized spacial score (nSPS) is 11.4. The molecular formula is C23H25N3O3. The number of amides is 1. The molecule has 0 bridgehead atoms. The molecule has 0 aliphatic carbocycles. The van der Waals surface area contributed by atoms with Crippen molar-refractivity contribution in [3.63, 3.8) is 0 Å². The van der Waals surface area contributed by atoms with Gasteiger partial charge in [0.1, 0.15) is 23.8 Å². The molecule has 0 aliphatic rings. The first-order valence-corrected chi connectivity index (χ1v) is 9.48. The van der Waals surface area contributed by atoms with Gasteiger partial charge in [0, 0.05) is 18.4 Å². The fourth-order valence-corrected chi connectivity index (χ4v) is 2.80. The van der Waals surface area contributed by atoms with Gasteiger partial charge in [0.25, 0.3) is 5.91 Å². The van der Waals surface area contributed by atoms with E-state index in [9.17, 15) is 4.79 Å². The first-order chi connectivity index (χ1) is 14.2. The highest BCUT2D eigenvalue weighted by Gasteiger charge is 2.12. The summed E-state index contributed by atoms with van der Waals surface area (Å²) in [6, 6.07) is 20.7. The highest BCUT2D eigenvalue weighted by Crippen LogP contribution is 2.17. The van der Waals surface area contributed by atoms with Crippen LogP contribution < -0.4 is 20.1 Å². The Bertz CT molecular complexity index is 914. The zero-order chi connectivity index (χ0) is 20.5. The Morgan fingerprint density at radius 2 is 1.76 bits per heavy atom. The Hall–Kier alpha value is -3.54. The van der Waals surface area contributed by atoms with Crippen molar-refractivity contribution in [2.75, 3.05) is 25.6 Å². The van der Waals surface area contributed by atoms with E-state index in [1.54, 1.807) is 19.4 Å². The van der Waals surface area contributed by atoms with Crippen LogP contribution in [0.25, 0.3) is 0 Å². The van der Waals surface area contributed by atoms with Crippen molar-refractivity contribution in [1.82, 2.24) is 10.3 Å². The third-order valence-corrected chi connectivity index (χ3v) is 4.40. The number of hydrogen-bond donors (Lipinski definition) is 2. The smallest absolute Gasteiger partial charge is 0.270 e. The van der Waals surface area contributed by atoms with Crippen LogP contribution in [0.15, 0.2) is 72.9 Å². The molecule has 1 unspecified atom stereocenters. The van der Waals surface area contributed by atoms with Gasteiger partial charge in [-0.15, -0.1) is 0 Å².